The van der Waals surface area contributed by atoms with Crippen LogP contribution in [0.5, 0.6) is 11.5 Å². The molecule has 8 heteroatoms. The molecule has 2 aromatic rings. The lowest BCUT2D eigenvalue weighted by molar-refractivity contribution is -0.160. The number of carbonyl (C=O) groups excluding carboxylic acids is 2. The highest BCUT2D eigenvalue weighted by molar-refractivity contribution is 5.82. The average Bonchev–Trinajstić information content (AvgIpc) is 2.77. The Balaban J connectivity index is 1.23. The van der Waals surface area contributed by atoms with Crippen LogP contribution in [0.2, 0.25) is 0 Å². The fourth-order valence-electron chi connectivity index (χ4n) is 3.18. The highest BCUT2D eigenvalue weighted by Crippen LogP contribution is 2.31. The van der Waals surface area contributed by atoms with Crippen LogP contribution >= 0.6 is 0 Å². The number of rotatable bonds is 4. The summed E-state index contributed by atoms with van der Waals surface area (Å²) >= 11 is 0. The van der Waals surface area contributed by atoms with Crippen molar-refractivity contribution in [3.63, 3.8) is 0 Å². The molecule has 2 aliphatic rings. The molecule has 1 unspecified atom stereocenters. The Bertz CT molecular complexity index is 837. The Morgan fingerprint density at radius 3 is 2.54 bits per heavy atom. The largest absolute Gasteiger partial charge is 0.485 e. The van der Waals surface area contributed by atoms with Gasteiger partial charge in [-0.2, -0.15) is 0 Å². The Labute approximate surface area is 162 Å². The zero-order valence-electron chi connectivity index (χ0n) is 15.3. The van der Waals surface area contributed by atoms with E-state index in [0.717, 1.165) is 5.82 Å². The number of esters is 1. The number of hydrogen-bond donors (Lipinski definition) is 0. The summed E-state index contributed by atoms with van der Waals surface area (Å²) in [6, 6.07) is 12.9. The van der Waals surface area contributed by atoms with Crippen LogP contribution < -0.4 is 14.4 Å². The third kappa shape index (κ3) is 4.00. The number of fused-ring (bicyclic) bond motifs is 1. The van der Waals surface area contributed by atoms with Gasteiger partial charge in [0.1, 0.15) is 12.4 Å². The number of carbonyl (C=O) groups is 2. The van der Waals surface area contributed by atoms with Crippen LogP contribution in [0.25, 0.3) is 0 Å². The first-order valence-electron chi connectivity index (χ1n) is 9.19. The molecule has 3 heterocycles. The molecule has 1 aromatic heterocycles. The number of para-hydroxylation sites is 2. The van der Waals surface area contributed by atoms with Crippen LogP contribution in [0.1, 0.15) is 0 Å². The maximum atomic E-state index is 12.4. The molecular formula is C20H21N3O5. The van der Waals surface area contributed by atoms with Gasteiger partial charge in [-0.05, 0) is 24.3 Å². The van der Waals surface area contributed by atoms with Crippen molar-refractivity contribution in [1.82, 2.24) is 9.88 Å². The van der Waals surface area contributed by atoms with Crippen molar-refractivity contribution in [3.05, 3.63) is 48.7 Å². The van der Waals surface area contributed by atoms with Crippen LogP contribution in [0.4, 0.5) is 5.82 Å². The molecule has 28 heavy (non-hydrogen) atoms. The van der Waals surface area contributed by atoms with Gasteiger partial charge in [0, 0.05) is 32.4 Å². The van der Waals surface area contributed by atoms with Gasteiger partial charge in [-0.25, -0.2) is 9.78 Å². The van der Waals surface area contributed by atoms with Gasteiger partial charge in [0.2, 0.25) is 6.10 Å². The molecule has 0 N–H and O–H groups in total. The third-order valence-corrected chi connectivity index (χ3v) is 4.72. The lowest BCUT2D eigenvalue weighted by Gasteiger charge is -2.35. The molecule has 8 nitrogen and oxygen atoms in total. The van der Waals surface area contributed by atoms with Crippen molar-refractivity contribution in [3.8, 4) is 11.5 Å². The molecule has 0 saturated carbocycles. The molecule has 0 bridgehead atoms. The van der Waals surface area contributed by atoms with Crippen molar-refractivity contribution >= 4 is 17.7 Å². The molecule has 1 aromatic carbocycles. The SMILES string of the molecule is O=C(OCC(=O)N1CCN(c2ccccn2)CC1)C1COc2ccccc2O1. The maximum absolute atomic E-state index is 12.4. The molecule has 4 rings (SSSR count). The number of piperazine rings is 1. The minimum absolute atomic E-state index is 0.0623. The number of benzene rings is 1. The Morgan fingerprint density at radius 1 is 1.04 bits per heavy atom. The summed E-state index contributed by atoms with van der Waals surface area (Å²) in [7, 11) is 0. The number of hydrogen-bond acceptors (Lipinski definition) is 7. The van der Waals surface area contributed by atoms with E-state index < -0.39 is 12.1 Å². The number of aromatic nitrogens is 1. The predicted octanol–water partition coefficient (Wildman–Crippen LogP) is 1.11. The Morgan fingerprint density at radius 2 is 1.79 bits per heavy atom. The van der Waals surface area contributed by atoms with Crippen molar-refractivity contribution in [2.24, 2.45) is 0 Å². The van der Waals surface area contributed by atoms with Gasteiger partial charge in [0.15, 0.2) is 18.1 Å². The van der Waals surface area contributed by atoms with Gasteiger partial charge in [-0.15, -0.1) is 0 Å². The summed E-state index contributed by atoms with van der Waals surface area (Å²) in [6.07, 6.45) is 0.880. The van der Waals surface area contributed by atoms with Gasteiger partial charge in [-0.1, -0.05) is 18.2 Å². The first-order valence-corrected chi connectivity index (χ1v) is 9.19. The Hall–Kier alpha value is -3.29. The van der Waals surface area contributed by atoms with Crippen molar-refractivity contribution in [2.45, 2.75) is 6.10 Å². The number of nitrogens with zero attached hydrogens (tertiary/aromatic N) is 3. The van der Waals surface area contributed by atoms with Gasteiger partial charge in [0.05, 0.1) is 0 Å². The lowest BCUT2D eigenvalue weighted by atomic mass is 10.2. The summed E-state index contributed by atoms with van der Waals surface area (Å²) in [5, 5.41) is 0. The minimum Gasteiger partial charge on any atom is -0.485 e. The first-order chi connectivity index (χ1) is 13.7. The summed E-state index contributed by atoms with van der Waals surface area (Å²) in [6.45, 7) is 2.25. The third-order valence-electron chi connectivity index (χ3n) is 4.72. The van der Waals surface area contributed by atoms with E-state index in [-0.39, 0.29) is 19.1 Å². The second-order valence-corrected chi connectivity index (χ2v) is 6.53. The molecule has 0 aliphatic carbocycles. The zero-order chi connectivity index (χ0) is 19.3. The minimum atomic E-state index is -0.872. The highest BCUT2D eigenvalue weighted by atomic mass is 16.6. The van der Waals surface area contributed by atoms with E-state index in [0.29, 0.717) is 37.7 Å². The monoisotopic (exact) mass is 383 g/mol. The predicted molar refractivity (Wildman–Crippen MR) is 100 cm³/mol. The summed E-state index contributed by atoms with van der Waals surface area (Å²) in [5.74, 6) is 1.16. The number of anilines is 1. The summed E-state index contributed by atoms with van der Waals surface area (Å²) in [4.78, 5) is 32.7. The van der Waals surface area contributed by atoms with E-state index in [1.165, 1.54) is 0 Å². The van der Waals surface area contributed by atoms with Crippen LogP contribution in [0.3, 0.4) is 0 Å². The molecule has 1 amide bonds. The quantitative estimate of drug-likeness (QED) is 0.732. The highest BCUT2D eigenvalue weighted by Gasteiger charge is 2.30. The average molecular weight is 383 g/mol. The van der Waals surface area contributed by atoms with Crippen molar-refractivity contribution in [2.75, 3.05) is 44.3 Å². The van der Waals surface area contributed by atoms with E-state index in [9.17, 15) is 9.59 Å². The molecule has 2 aliphatic heterocycles. The van der Waals surface area contributed by atoms with Crippen LogP contribution in [-0.2, 0) is 14.3 Å². The number of pyridine rings is 1. The molecule has 0 radical (unpaired) electrons. The van der Waals surface area contributed by atoms with Gasteiger partial charge in [-0.3, -0.25) is 4.79 Å². The van der Waals surface area contributed by atoms with Crippen molar-refractivity contribution < 1.29 is 23.8 Å². The standard InChI is InChI=1S/C20H21N3O5/c24-19(23-11-9-22(10-12-23)18-7-3-4-8-21-18)14-27-20(25)17-13-26-15-5-1-2-6-16(15)28-17/h1-8,17H,9-14H2. The number of ether oxygens (including phenoxy) is 3. The van der Waals surface area contributed by atoms with E-state index in [2.05, 4.69) is 9.88 Å². The molecule has 0 spiro atoms. The number of amides is 1. The smallest absolute Gasteiger partial charge is 0.351 e. The fraction of sp³-hybridized carbons (Fsp3) is 0.350. The maximum Gasteiger partial charge on any atom is 0.351 e. The van der Waals surface area contributed by atoms with Crippen molar-refractivity contribution in [1.29, 1.82) is 0 Å². The van der Waals surface area contributed by atoms with Gasteiger partial charge >= 0.3 is 5.97 Å². The van der Waals surface area contributed by atoms with Crippen LogP contribution in [0.15, 0.2) is 48.7 Å². The first kappa shape index (κ1) is 18.1. The molecule has 1 atom stereocenters. The topological polar surface area (TPSA) is 81.2 Å². The molecule has 1 saturated heterocycles. The van der Waals surface area contributed by atoms with Crippen LogP contribution in [-0.4, -0.2) is 67.3 Å². The van der Waals surface area contributed by atoms with E-state index in [1.54, 1.807) is 29.3 Å². The normalized spacial score (nSPS) is 18.5. The van der Waals surface area contributed by atoms with Gasteiger partial charge < -0.3 is 24.0 Å². The Kier molecular flexibility index (Phi) is 5.27. The van der Waals surface area contributed by atoms with E-state index in [4.69, 9.17) is 14.2 Å². The van der Waals surface area contributed by atoms with E-state index in [1.807, 2.05) is 24.3 Å². The lowest BCUT2D eigenvalue weighted by Crippen LogP contribution is -2.50. The fourth-order valence-corrected chi connectivity index (χ4v) is 3.18. The summed E-state index contributed by atoms with van der Waals surface area (Å²) in [5.41, 5.74) is 0. The summed E-state index contributed by atoms with van der Waals surface area (Å²) < 4.78 is 16.3. The molecular weight excluding hydrogens is 362 g/mol. The second-order valence-electron chi connectivity index (χ2n) is 6.53. The molecule has 1 fully saturated rings. The second kappa shape index (κ2) is 8.16. The zero-order valence-corrected chi connectivity index (χ0v) is 15.3. The molecule has 146 valence electrons. The van der Waals surface area contributed by atoms with Crippen LogP contribution in [0, 0.1) is 0 Å². The van der Waals surface area contributed by atoms with E-state index >= 15 is 0 Å². The van der Waals surface area contributed by atoms with Gasteiger partial charge in [0.25, 0.3) is 5.91 Å².